The molecule has 3 rings (SSSR count). The van der Waals surface area contributed by atoms with E-state index in [1.54, 1.807) is 30.3 Å². The molecule has 0 spiro atoms. The average molecular weight is 520 g/mol. The van der Waals surface area contributed by atoms with Gasteiger partial charge < -0.3 is 14.8 Å². The van der Waals surface area contributed by atoms with Gasteiger partial charge in [-0.2, -0.15) is 0 Å². The molecule has 0 fully saturated rings. The van der Waals surface area contributed by atoms with Gasteiger partial charge in [-0.25, -0.2) is 0 Å². The quantitative estimate of drug-likeness (QED) is 0.383. The molecule has 3 aromatic rings. The van der Waals surface area contributed by atoms with Crippen LogP contribution in [0.25, 0.3) is 0 Å². The number of amides is 1. The van der Waals surface area contributed by atoms with Crippen molar-refractivity contribution < 1.29 is 14.3 Å². The molecule has 0 aliphatic heterocycles. The van der Waals surface area contributed by atoms with E-state index in [4.69, 9.17) is 33.3 Å². The van der Waals surface area contributed by atoms with Gasteiger partial charge in [0, 0.05) is 16.6 Å². The zero-order chi connectivity index (χ0) is 22.2. The minimum Gasteiger partial charge on any atom is -0.495 e. The summed E-state index contributed by atoms with van der Waals surface area (Å²) in [6.45, 7) is 0.443. The molecule has 8 heteroatoms. The van der Waals surface area contributed by atoms with Gasteiger partial charge in [-0.15, -0.1) is 0 Å². The molecule has 0 heterocycles. The van der Waals surface area contributed by atoms with Gasteiger partial charge in [0.2, 0.25) is 0 Å². The summed E-state index contributed by atoms with van der Waals surface area (Å²) in [5.74, 6) is 0.647. The van der Waals surface area contributed by atoms with Crippen LogP contribution in [0.3, 0.4) is 0 Å². The van der Waals surface area contributed by atoms with Crippen molar-refractivity contribution in [1.82, 2.24) is 5.32 Å². The van der Waals surface area contributed by atoms with Crippen LogP contribution < -0.4 is 20.1 Å². The van der Waals surface area contributed by atoms with Crippen molar-refractivity contribution in [1.29, 1.82) is 0 Å². The SMILES string of the molecule is COc1ccc(NC(=S)NC(=O)c2cc(Br)ccc2OCCc2ccccc2)cc1Cl. The van der Waals surface area contributed by atoms with Crippen LogP contribution in [0, 0.1) is 0 Å². The highest BCUT2D eigenvalue weighted by Crippen LogP contribution is 2.27. The second-order valence-electron chi connectivity index (χ2n) is 6.48. The third-order valence-corrected chi connectivity index (χ3v) is 5.31. The Morgan fingerprint density at radius 3 is 2.52 bits per heavy atom. The summed E-state index contributed by atoms with van der Waals surface area (Å²) in [7, 11) is 1.54. The van der Waals surface area contributed by atoms with Crippen LogP contribution in [0.1, 0.15) is 15.9 Å². The molecule has 0 aliphatic rings. The molecule has 0 saturated carbocycles. The molecule has 2 N–H and O–H groups in total. The van der Waals surface area contributed by atoms with Gasteiger partial charge in [0.15, 0.2) is 5.11 Å². The summed E-state index contributed by atoms with van der Waals surface area (Å²) in [4.78, 5) is 12.8. The number of hydrogen-bond acceptors (Lipinski definition) is 4. The van der Waals surface area contributed by atoms with Crippen LogP contribution in [-0.4, -0.2) is 24.7 Å². The number of carbonyl (C=O) groups is 1. The predicted octanol–water partition coefficient (Wildman–Crippen LogP) is 5.86. The van der Waals surface area contributed by atoms with E-state index in [-0.39, 0.29) is 11.0 Å². The van der Waals surface area contributed by atoms with Gasteiger partial charge in [-0.05, 0) is 54.2 Å². The van der Waals surface area contributed by atoms with Gasteiger partial charge in [-0.1, -0.05) is 57.9 Å². The Morgan fingerprint density at radius 2 is 1.81 bits per heavy atom. The van der Waals surface area contributed by atoms with Crippen LogP contribution in [0.2, 0.25) is 5.02 Å². The first kappa shape index (κ1) is 23.1. The lowest BCUT2D eigenvalue weighted by atomic mass is 10.1. The molecular weight excluding hydrogens is 500 g/mol. The molecule has 0 aliphatic carbocycles. The van der Waals surface area contributed by atoms with Gasteiger partial charge in [0.1, 0.15) is 11.5 Å². The van der Waals surface area contributed by atoms with E-state index in [1.165, 1.54) is 7.11 Å². The standard InChI is InChI=1S/C23H20BrClN2O3S/c1-29-21-10-8-17(14-19(21)25)26-23(31)27-22(28)18-13-16(24)7-9-20(18)30-12-11-15-5-3-2-4-6-15/h2-10,13-14H,11-12H2,1H3,(H2,26,27,28,31). The zero-order valence-corrected chi connectivity index (χ0v) is 19.8. The first-order valence-electron chi connectivity index (χ1n) is 9.38. The van der Waals surface area contributed by atoms with Crippen LogP contribution in [0.4, 0.5) is 5.69 Å². The summed E-state index contributed by atoms with van der Waals surface area (Å²) in [6, 6.07) is 20.4. The van der Waals surface area contributed by atoms with Crippen molar-refractivity contribution >= 4 is 56.5 Å². The lowest BCUT2D eigenvalue weighted by Crippen LogP contribution is -2.34. The van der Waals surface area contributed by atoms with E-state index < -0.39 is 0 Å². The molecule has 1 amide bonds. The molecule has 0 atom stereocenters. The van der Waals surface area contributed by atoms with Gasteiger partial charge in [-0.3, -0.25) is 10.1 Å². The summed E-state index contributed by atoms with van der Waals surface area (Å²) in [6.07, 6.45) is 0.732. The van der Waals surface area contributed by atoms with E-state index in [0.29, 0.717) is 34.4 Å². The average Bonchev–Trinajstić information content (AvgIpc) is 2.75. The molecular formula is C23H20BrClN2O3S. The Kier molecular flexibility index (Phi) is 8.28. The number of benzene rings is 3. The number of hydrogen-bond donors (Lipinski definition) is 2. The lowest BCUT2D eigenvalue weighted by Gasteiger charge is -2.14. The lowest BCUT2D eigenvalue weighted by molar-refractivity contribution is 0.0973. The fourth-order valence-electron chi connectivity index (χ4n) is 2.81. The molecule has 5 nitrogen and oxygen atoms in total. The van der Waals surface area contributed by atoms with Crippen LogP contribution in [0.15, 0.2) is 71.2 Å². The Morgan fingerprint density at radius 1 is 1.06 bits per heavy atom. The summed E-state index contributed by atoms with van der Waals surface area (Å²) < 4.78 is 11.8. The number of anilines is 1. The van der Waals surface area contributed by atoms with Crippen molar-refractivity contribution in [2.24, 2.45) is 0 Å². The van der Waals surface area contributed by atoms with E-state index in [2.05, 4.69) is 26.6 Å². The first-order chi connectivity index (χ1) is 15.0. The van der Waals surface area contributed by atoms with Crippen molar-refractivity contribution in [3.05, 3.63) is 87.4 Å². The second kappa shape index (κ2) is 11.1. The number of thiocarbonyl (C=S) groups is 1. The maximum Gasteiger partial charge on any atom is 0.261 e. The van der Waals surface area contributed by atoms with Crippen LogP contribution in [0.5, 0.6) is 11.5 Å². The highest BCUT2D eigenvalue weighted by Gasteiger charge is 2.15. The van der Waals surface area contributed by atoms with Gasteiger partial charge in [0.05, 0.1) is 24.3 Å². The molecule has 160 valence electrons. The molecule has 0 aromatic heterocycles. The maximum atomic E-state index is 12.8. The van der Waals surface area contributed by atoms with Crippen molar-refractivity contribution in [2.45, 2.75) is 6.42 Å². The molecule has 0 unspecified atom stereocenters. The van der Waals surface area contributed by atoms with E-state index in [1.807, 2.05) is 36.4 Å². The van der Waals surface area contributed by atoms with Crippen molar-refractivity contribution in [2.75, 3.05) is 19.0 Å². The van der Waals surface area contributed by atoms with Crippen molar-refractivity contribution in [3.8, 4) is 11.5 Å². The number of rotatable bonds is 7. The minimum absolute atomic E-state index is 0.140. The molecule has 0 radical (unpaired) electrons. The molecule has 0 saturated heterocycles. The van der Waals surface area contributed by atoms with Gasteiger partial charge >= 0.3 is 0 Å². The van der Waals surface area contributed by atoms with Crippen molar-refractivity contribution in [3.63, 3.8) is 0 Å². The fraction of sp³-hybridized carbons (Fsp3) is 0.130. The molecule has 3 aromatic carbocycles. The van der Waals surface area contributed by atoms with Crippen LogP contribution >= 0.6 is 39.7 Å². The Hall–Kier alpha value is -2.61. The van der Waals surface area contributed by atoms with E-state index >= 15 is 0 Å². The number of ether oxygens (including phenoxy) is 2. The predicted molar refractivity (Wildman–Crippen MR) is 131 cm³/mol. The van der Waals surface area contributed by atoms with Crippen LogP contribution in [-0.2, 0) is 6.42 Å². The van der Waals surface area contributed by atoms with E-state index in [0.717, 1.165) is 16.5 Å². The summed E-state index contributed by atoms with van der Waals surface area (Å²) >= 11 is 14.8. The number of carbonyl (C=O) groups excluding carboxylic acids is 1. The monoisotopic (exact) mass is 518 g/mol. The fourth-order valence-corrected chi connectivity index (χ4v) is 3.64. The van der Waals surface area contributed by atoms with E-state index in [9.17, 15) is 4.79 Å². The Labute approximate surface area is 199 Å². The summed E-state index contributed by atoms with van der Waals surface area (Å²) in [5.41, 5.74) is 2.16. The summed E-state index contributed by atoms with van der Waals surface area (Å²) in [5, 5.41) is 6.19. The smallest absolute Gasteiger partial charge is 0.261 e. The maximum absolute atomic E-state index is 12.8. The normalized spacial score (nSPS) is 10.3. The van der Waals surface area contributed by atoms with Gasteiger partial charge in [0.25, 0.3) is 5.91 Å². The third-order valence-electron chi connectivity index (χ3n) is 4.31. The number of methoxy groups -OCH3 is 1. The second-order valence-corrected chi connectivity index (χ2v) is 8.21. The Balaban J connectivity index is 1.64. The highest BCUT2D eigenvalue weighted by atomic mass is 79.9. The number of halogens is 2. The highest BCUT2D eigenvalue weighted by molar-refractivity contribution is 9.10. The molecule has 0 bridgehead atoms. The largest absolute Gasteiger partial charge is 0.495 e. The minimum atomic E-state index is -0.381. The first-order valence-corrected chi connectivity index (χ1v) is 11.0. The third kappa shape index (κ3) is 6.69. The topological polar surface area (TPSA) is 59.6 Å². The molecule has 31 heavy (non-hydrogen) atoms. The Bertz CT molecular complexity index is 1080. The zero-order valence-electron chi connectivity index (χ0n) is 16.7. The number of nitrogens with one attached hydrogen (secondary N) is 2.